The molecule has 1 heterocycles. The fraction of sp³-hybridized carbons (Fsp3) is 0.182. The number of nitrogens with zero attached hydrogens (tertiary/aromatic N) is 1. The number of rotatable bonds is 3. The topological polar surface area (TPSA) is 74.2 Å². The molecule has 0 aliphatic carbocycles. The fourth-order valence-corrected chi connectivity index (χ4v) is 2.20. The van der Waals surface area contributed by atoms with Gasteiger partial charge in [-0.05, 0) is 11.7 Å². The summed E-state index contributed by atoms with van der Waals surface area (Å²) in [7, 11) is -4.51. The Balaban J connectivity index is 2.57. The van der Waals surface area contributed by atoms with Gasteiger partial charge in [-0.15, -0.1) is 0 Å². The monoisotopic (exact) mass is 253 g/mol. The van der Waals surface area contributed by atoms with E-state index in [4.69, 9.17) is 4.52 Å². The Labute approximate surface area is 99.0 Å². The van der Waals surface area contributed by atoms with E-state index < -0.39 is 10.1 Å². The van der Waals surface area contributed by atoms with Crippen molar-refractivity contribution >= 4 is 10.1 Å². The number of aryl methyl sites for hydroxylation is 1. The van der Waals surface area contributed by atoms with Crippen molar-refractivity contribution in [3.05, 3.63) is 36.4 Å². The number of aromatic nitrogens is 1. The van der Waals surface area contributed by atoms with Crippen LogP contribution in [-0.2, 0) is 16.7 Å². The van der Waals surface area contributed by atoms with Crippen LogP contribution < -0.4 is 4.74 Å². The molecule has 0 atom stereocenters. The lowest BCUT2D eigenvalue weighted by Gasteiger charge is -1.97. The first-order chi connectivity index (χ1) is 8.02. The Kier molecular flexibility index (Phi) is 2.99. The lowest BCUT2D eigenvalue weighted by atomic mass is 10.2. The molecule has 0 saturated heterocycles. The molecule has 0 unspecified atom stereocenters. The molecule has 6 heteroatoms. The van der Waals surface area contributed by atoms with E-state index in [-0.39, 0.29) is 11.6 Å². The van der Waals surface area contributed by atoms with E-state index in [0.717, 1.165) is 10.3 Å². The number of benzene rings is 1. The van der Waals surface area contributed by atoms with Gasteiger partial charge in [0.15, 0.2) is 16.7 Å². The van der Waals surface area contributed by atoms with Gasteiger partial charge in [0.1, 0.15) is 0 Å². The average molecular weight is 253 g/mol. The van der Waals surface area contributed by atoms with Gasteiger partial charge < -0.3 is 4.55 Å². The summed E-state index contributed by atoms with van der Waals surface area (Å²) >= 11 is 0. The van der Waals surface area contributed by atoms with Gasteiger partial charge in [0.2, 0.25) is 5.76 Å². The first kappa shape index (κ1) is 11.8. The maximum Gasteiger partial charge on any atom is 0.333 e. The van der Waals surface area contributed by atoms with Crippen LogP contribution in [0.4, 0.5) is 0 Å². The molecule has 2 rings (SSSR count). The SMILES string of the molecule is CC[n+]1oc(-c2ccccc2)cc1S(=O)(=O)[O-]. The Hall–Kier alpha value is -1.66. The van der Waals surface area contributed by atoms with Crippen molar-refractivity contribution in [2.24, 2.45) is 0 Å². The lowest BCUT2D eigenvalue weighted by Crippen LogP contribution is -2.35. The highest BCUT2D eigenvalue weighted by Gasteiger charge is 2.24. The standard InChI is InChI=1S/C11H11NO4S/c1-2-12-11(17(13,14)15)8-10(16-12)9-6-4-3-5-7-9/h3-8H,2H2,1H3. The first-order valence-electron chi connectivity index (χ1n) is 5.08. The summed E-state index contributed by atoms with van der Waals surface area (Å²) in [5.74, 6) is 0.363. The molecule has 0 fully saturated rings. The zero-order chi connectivity index (χ0) is 12.5. The predicted molar refractivity (Wildman–Crippen MR) is 58.0 cm³/mol. The van der Waals surface area contributed by atoms with Crippen LogP contribution in [-0.4, -0.2) is 13.0 Å². The van der Waals surface area contributed by atoms with Crippen LogP contribution >= 0.6 is 0 Å². The maximum atomic E-state index is 11.0. The second kappa shape index (κ2) is 4.31. The van der Waals surface area contributed by atoms with Gasteiger partial charge in [0, 0.05) is 5.56 Å². The van der Waals surface area contributed by atoms with Gasteiger partial charge in [-0.3, -0.25) is 0 Å². The molecule has 2 aromatic rings. The van der Waals surface area contributed by atoms with Crippen LogP contribution in [0.3, 0.4) is 0 Å². The molecule has 17 heavy (non-hydrogen) atoms. The van der Waals surface area contributed by atoms with Crippen molar-refractivity contribution in [2.45, 2.75) is 18.5 Å². The molecule has 0 bridgehead atoms. The largest absolute Gasteiger partial charge is 0.739 e. The van der Waals surface area contributed by atoms with E-state index in [1.807, 2.05) is 6.07 Å². The Morgan fingerprint density at radius 3 is 2.41 bits per heavy atom. The van der Waals surface area contributed by atoms with Crippen molar-refractivity contribution in [3.63, 3.8) is 0 Å². The zero-order valence-corrected chi connectivity index (χ0v) is 9.98. The lowest BCUT2D eigenvalue weighted by molar-refractivity contribution is -0.889. The van der Waals surface area contributed by atoms with Crippen molar-refractivity contribution in [3.8, 4) is 11.3 Å². The first-order valence-corrected chi connectivity index (χ1v) is 6.48. The van der Waals surface area contributed by atoms with Gasteiger partial charge in [-0.25, -0.2) is 12.9 Å². The molecule has 1 aromatic heterocycles. The van der Waals surface area contributed by atoms with Gasteiger partial charge in [0.05, 0.1) is 6.07 Å². The Morgan fingerprint density at radius 1 is 1.29 bits per heavy atom. The third-order valence-electron chi connectivity index (χ3n) is 2.31. The molecule has 90 valence electrons. The van der Waals surface area contributed by atoms with Crippen molar-refractivity contribution < 1.29 is 22.2 Å². The highest BCUT2D eigenvalue weighted by Crippen LogP contribution is 2.20. The van der Waals surface area contributed by atoms with Crippen LogP contribution in [0.5, 0.6) is 0 Å². The minimum absolute atomic E-state index is 0.281. The van der Waals surface area contributed by atoms with Gasteiger partial charge >= 0.3 is 5.03 Å². The van der Waals surface area contributed by atoms with Gasteiger partial charge in [-0.1, -0.05) is 30.3 Å². The van der Waals surface area contributed by atoms with E-state index >= 15 is 0 Å². The van der Waals surface area contributed by atoms with Crippen LogP contribution in [0.1, 0.15) is 6.92 Å². The van der Waals surface area contributed by atoms with E-state index in [2.05, 4.69) is 0 Å². The van der Waals surface area contributed by atoms with Crippen LogP contribution in [0.2, 0.25) is 0 Å². The summed E-state index contributed by atoms with van der Waals surface area (Å²) in [6, 6.07) is 10.3. The van der Waals surface area contributed by atoms with Crippen molar-refractivity contribution in [1.82, 2.24) is 0 Å². The van der Waals surface area contributed by atoms with Crippen LogP contribution in [0.15, 0.2) is 45.9 Å². The smallest absolute Gasteiger partial charge is 0.333 e. The number of hydrogen-bond donors (Lipinski definition) is 0. The fourth-order valence-electron chi connectivity index (χ4n) is 1.53. The molecule has 0 aliphatic heterocycles. The summed E-state index contributed by atoms with van der Waals surface area (Å²) < 4.78 is 39.5. The van der Waals surface area contributed by atoms with E-state index in [1.165, 1.54) is 6.07 Å². The highest BCUT2D eigenvalue weighted by molar-refractivity contribution is 7.85. The van der Waals surface area contributed by atoms with Crippen molar-refractivity contribution in [1.29, 1.82) is 0 Å². The van der Waals surface area contributed by atoms with E-state index in [0.29, 0.717) is 5.76 Å². The van der Waals surface area contributed by atoms with E-state index in [9.17, 15) is 13.0 Å². The molecule has 0 amide bonds. The molecule has 0 N–H and O–H groups in total. The van der Waals surface area contributed by atoms with Crippen LogP contribution in [0, 0.1) is 0 Å². The minimum Gasteiger partial charge on any atom is -0.739 e. The number of hydrogen-bond acceptors (Lipinski definition) is 4. The second-order valence-corrected chi connectivity index (χ2v) is 4.78. The molecular formula is C11H11NO4S. The van der Waals surface area contributed by atoms with Gasteiger partial charge in [-0.2, -0.15) is 0 Å². The second-order valence-electron chi connectivity index (χ2n) is 3.45. The predicted octanol–water partition coefficient (Wildman–Crippen LogP) is 1.16. The molecule has 0 spiro atoms. The molecule has 1 aromatic carbocycles. The summed E-state index contributed by atoms with van der Waals surface area (Å²) in [6.07, 6.45) is 0. The normalized spacial score (nSPS) is 11.6. The zero-order valence-electron chi connectivity index (χ0n) is 9.16. The Morgan fingerprint density at radius 2 is 1.94 bits per heavy atom. The third-order valence-corrected chi connectivity index (χ3v) is 3.14. The maximum absolute atomic E-state index is 11.0. The average Bonchev–Trinajstić information content (AvgIpc) is 2.74. The minimum atomic E-state index is -4.51. The van der Waals surface area contributed by atoms with E-state index in [1.54, 1.807) is 31.2 Å². The molecule has 0 radical (unpaired) electrons. The summed E-state index contributed by atoms with van der Waals surface area (Å²) in [6.45, 7) is 1.98. The molecule has 0 aliphatic rings. The molecular weight excluding hydrogens is 242 g/mol. The molecule has 0 saturated carbocycles. The van der Waals surface area contributed by atoms with Crippen LogP contribution in [0.25, 0.3) is 11.3 Å². The highest BCUT2D eigenvalue weighted by atomic mass is 32.2. The Bertz CT molecular complexity index is 616. The van der Waals surface area contributed by atoms with Crippen molar-refractivity contribution in [2.75, 3.05) is 0 Å². The third kappa shape index (κ3) is 2.37. The summed E-state index contributed by atoms with van der Waals surface area (Å²) in [5, 5.41) is -0.348. The summed E-state index contributed by atoms with van der Waals surface area (Å²) in [4.78, 5) is 0. The summed E-state index contributed by atoms with van der Waals surface area (Å²) in [5.41, 5.74) is 0.726. The van der Waals surface area contributed by atoms with Gasteiger partial charge in [0.25, 0.3) is 0 Å². The quantitative estimate of drug-likeness (QED) is 0.607. The molecule has 5 nitrogen and oxygen atoms in total.